The molecule has 0 radical (unpaired) electrons. The molecule has 1 atom stereocenters. The van der Waals surface area contributed by atoms with E-state index in [1.807, 2.05) is 25.0 Å². The van der Waals surface area contributed by atoms with E-state index in [1.54, 1.807) is 11.3 Å². The number of nitrogens with zero attached hydrogens (tertiary/aromatic N) is 3. The van der Waals surface area contributed by atoms with E-state index in [4.69, 9.17) is 0 Å². The van der Waals surface area contributed by atoms with E-state index in [0.29, 0.717) is 6.04 Å². The number of likely N-dealkylation sites (N-methyl/N-ethyl adjacent to an activating group) is 1. The maximum absolute atomic E-state index is 4.42. The van der Waals surface area contributed by atoms with Gasteiger partial charge in [0, 0.05) is 30.2 Å². The lowest BCUT2D eigenvalue weighted by atomic mass is 10.1. The third kappa shape index (κ3) is 2.56. The summed E-state index contributed by atoms with van der Waals surface area (Å²) in [7, 11) is 1.99. The highest BCUT2D eigenvalue weighted by Gasteiger charge is 2.17. The van der Waals surface area contributed by atoms with Crippen LogP contribution in [0.25, 0.3) is 0 Å². The SMILES string of the molecule is CCn1ccnc1CC(NC)c1scnc1C. The van der Waals surface area contributed by atoms with Crippen LogP contribution in [-0.2, 0) is 13.0 Å². The summed E-state index contributed by atoms with van der Waals surface area (Å²) in [5.41, 5.74) is 3.02. The van der Waals surface area contributed by atoms with Gasteiger partial charge in [-0.05, 0) is 20.9 Å². The van der Waals surface area contributed by atoms with E-state index in [9.17, 15) is 0 Å². The molecule has 0 aromatic carbocycles. The second kappa shape index (κ2) is 5.42. The fourth-order valence-corrected chi connectivity index (χ4v) is 2.88. The summed E-state index contributed by atoms with van der Waals surface area (Å²) in [6.07, 6.45) is 4.80. The highest BCUT2D eigenvalue weighted by Crippen LogP contribution is 2.24. The molecule has 2 aromatic heterocycles. The fraction of sp³-hybridized carbons (Fsp3) is 0.500. The third-order valence-corrected chi connectivity index (χ3v) is 4.02. The standard InChI is InChI=1S/C12H18N4S/c1-4-16-6-5-14-11(16)7-10(13-3)12-9(2)15-8-17-12/h5-6,8,10,13H,4,7H2,1-3H3. The Bertz CT molecular complexity index is 474. The summed E-state index contributed by atoms with van der Waals surface area (Å²) >= 11 is 1.71. The molecule has 0 bridgehead atoms. The fourth-order valence-electron chi connectivity index (χ4n) is 1.97. The van der Waals surface area contributed by atoms with Gasteiger partial charge in [-0.1, -0.05) is 0 Å². The lowest BCUT2D eigenvalue weighted by Gasteiger charge is -2.15. The second-order valence-corrected chi connectivity index (χ2v) is 4.86. The van der Waals surface area contributed by atoms with Crippen molar-refractivity contribution in [3.05, 3.63) is 34.3 Å². The van der Waals surface area contributed by atoms with Crippen molar-refractivity contribution in [3.8, 4) is 0 Å². The molecule has 17 heavy (non-hydrogen) atoms. The zero-order valence-electron chi connectivity index (χ0n) is 10.5. The molecule has 1 N–H and O–H groups in total. The zero-order valence-corrected chi connectivity index (χ0v) is 11.3. The van der Waals surface area contributed by atoms with Crippen LogP contribution in [0.3, 0.4) is 0 Å². The molecule has 4 nitrogen and oxygen atoms in total. The molecule has 1 unspecified atom stereocenters. The Hall–Kier alpha value is -1.20. The molecule has 2 aromatic rings. The van der Waals surface area contributed by atoms with Gasteiger partial charge in [-0.15, -0.1) is 11.3 Å². The summed E-state index contributed by atoms with van der Waals surface area (Å²) in [6.45, 7) is 5.16. The molecule has 0 aliphatic carbocycles. The van der Waals surface area contributed by atoms with Gasteiger partial charge in [-0.3, -0.25) is 0 Å². The minimum absolute atomic E-state index is 0.301. The van der Waals surface area contributed by atoms with Crippen LogP contribution in [0.1, 0.15) is 29.4 Å². The van der Waals surface area contributed by atoms with Crippen LogP contribution >= 0.6 is 11.3 Å². The molecule has 2 rings (SSSR count). The normalized spacial score (nSPS) is 12.9. The predicted molar refractivity (Wildman–Crippen MR) is 70.3 cm³/mol. The Morgan fingerprint density at radius 2 is 2.29 bits per heavy atom. The van der Waals surface area contributed by atoms with Crippen LogP contribution in [0, 0.1) is 6.92 Å². The molecule has 0 saturated heterocycles. The maximum atomic E-state index is 4.42. The number of aryl methyl sites for hydroxylation is 2. The molecule has 0 saturated carbocycles. The van der Waals surface area contributed by atoms with Crippen LogP contribution in [0.15, 0.2) is 17.9 Å². The van der Waals surface area contributed by atoms with E-state index in [2.05, 4.69) is 33.7 Å². The van der Waals surface area contributed by atoms with E-state index in [0.717, 1.165) is 24.5 Å². The Morgan fingerprint density at radius 3 is 2.88 bits per heavy atom. The molecule has 0 fully saturated rings. The Kier molecular flexibility index (Phi) is 3.91. The molecule has 2 heterocycles. The number of imidazole rings is 1. The first-order chi connectivity index (χ1) is 8.26. The summed E-state index contributed by atoms with van der Waals surface area (Å²) in [6, 6.07) is 0.301. The van der Waals surface area contributed by atoms with Gasteiger partial charge in [0.1, 0.15) is 5.82 Å². The largest absolute Gasteiger partial charge is 0.335 e. The number of thiazole rings is 1. The highest BCUT2D eigenvalue weighted by atomic mass is 32.1. The lowest BCUT2D eigenvalue weighted by molar-refractivity contribution is 0.557. The summed E-state index contributed by atoms with van der Waals surface area (Å²) < 4.78 is 2.18. The second-order valence-electron chi connectivity index (χ2n) is 3.98. The highest BCUT2D eigenvalue weighted by molar-refractivity contribution is 7.09. The van der Waals surface area contributed by atoms with Gasteiger partial charge >= 0.3 is 0 Å². The summed E-state index contributed by atoms with van der Waals surface area (Å²) in [5.74, 6) is 1.12. The quantitative estimate of drug-likeness (QED) is 0.884. The summed E-state index contributed by atoms with van der Waals surface area (Å²) in [4.78, 5) is 10.0. The van der Waals surface area contributed by atoms with Gasteiger partial charge in [-0.25, -0.2) is 9.97 Å². The minimum atomic E-state index is 0.301. The van der Waals surface area contributed by atoms with Crippen LogP contribution < -0.4 is 5.32 Å². The van der Waals surface area contributed by atoms with E-state index in [1.165, 1.54) is 4.88 Å². The molecular formula is C12H18N4S. The first-order valence-corrected chi connectivity index (χ1v) is 6.71. The Labute approximate surface area is 106 Å². The van der Waals surface area contributed by atoms with Crippen LogP contribution in [-0.4, -0.2) is 21.6 Å². The van der Waals surface area contributed by atoms with E-state index < -0.39 is 0 Å². The first kappa shape index (κ1) is 12.3. The number of nitrogens with one attached hydrogen (secondary N) is 1. The van der Waals surface area contributed by atoms with Crippen molar-refractivity contribution >= 4 is 11.3 Å². The van der Waals surface area contributed by atoms with Gasteiger partial charge < -0.3 is 9.88 Å². The lowest BCUT2D eigenvalue weighted by Crippen LogP contribution is -2.20. The Balaban J connectivity index is 2.19. The van der Waals surface area contributed by atoms with Crippen molar-refractivity contribution in [2.24, 2.45) is 0 Å². The number of hydrogen-bond donors (Lipinski definition) is 1. The predicted octanol–water partition coefficient (Wildman–Crippen LogP) is 2.17. The number of rotatable bonds is 5. The monoisotopic (exact) mass is 250 g/mol. The third-order valence-electron chi connectivity index (χ3n) is 2.98. The van der Waals surface area contributed by atoms with Gasteiger partial charge in [0.2, 0.25) is 0 Å². The van der Waals surface area contributed by atoms with Crippen LogP contribution in [0.2, 0.25) is 0 Å². The molecule has 92 valence electrons. The zero-order chi connectivity index (χ0) is 12.3. The molecule has 5 heteroatoms. The molecule has 0 spiro atoms. The van der Waals surface area contributed by atoms with Crippen molar-refractivity contribution in [2.45, 2.75) is 32.9 Å². The minimum Gasteiger partial charge on any atom is -0.335 e. The first-order valence-electron chi connectivity index (χ1n) is 5.83. The van der Waals surface area contributed by atoms with Crippen molar-refractivity contribution < 1.29 is 0 Å². The van der Waals surface area contributed by atoms with Crippen LogP contribution in [0.4, 0.5) is 0 Å². The summed E-state index contributed by atoms with van der Waals surface area (Å²) in [5, 5.41) is 3.35. The van der Waals surface area contributed by atoms with Gasteiger partial charge in [0.25, 0.3) is 0 Å². The van der Waals surface area contributed by atoms with E-state index in [-0.39, 0.29) is 0 Å². The topological polar surface area (TPSA) is 42.7 Å². The number of hydrogen-bond acceptors (Lipinski definition) is 4. The smallest absolute Gasteiger partial charge is 0.110 e. The van der Waals surface area contributed by atoms with Crippen molar-refractivity contribution in [3.63, 3.8) is 0 Å². The average molecular weight is 250 g/mol. The van der Waals surface area contributed by atoms with Gasteiger partial charge in [-0.2, -0.15) is 0 Å². The molecular weight excluding hydrogens is 232 g/mol. The molecule has 0 aliphatic rings. The van der Waals surface area contributed by atoms with Crippen molar-refractivity contribution in [1.82, 2.24) is 19.9 Å². The van der Waals surface area contributed by atoms with E-state index >= 15 is 0 Å². The Morgan fingerprint density at radius 1 is 1.47 bits per heavy atom. The average Bonchev–Trinajstić information content (AvgIpc) is 2.94. The van der Waals surface area contributed by atoms with Gasteiger partial charge in [0.15, 0.2) is 0 Å². The molecule has 0 aliphatic heterocycles. The maximum Gasteiger partial charge on any atom is 0.110 e. The number of aromatic nitrogens is 3. The molecule has 0 amide bonds. The van der Waals surface area contributed by atoms with Crippen LogP contribution in [0.5, 0.6) is 0 Å². The van der Waals surface area contributed by atoms with Crippen molar-refractivity contribution in [1.29, 1.82) is 0 Å². The van der Waals surface area contributed by atoms with Crippen molar-refractivity contribution in [2.75, 3.05) is 7.05 Å². The van der Waals surface area contributed by atoms with Gasteiger partial charge in [0.05, 0.1) is 17.2 Å².